The molecular weight excluding hydrogens is 567 g/mol. The first-order valence-electron chi connectivity index (χ1n) is 14.7. The first kappa shape index (κ1) is 31.1. The van der Waals surface area contributed by atoms with Crippen molar-refractivity contribution in [2.45, 2.75) is 44.8 Å². The summed E-state index contributed by atoms with van der Waals surface area (Å²) in [5, 5.41) is 32.1. The van der Waals surface area contributed by atoms with Crippen LogP contribution >= 0.6 is 0 Å². The van der Waals surface area contributed by atoms with Gasteiger partial charge in [0.25, 0.3) is 5.91 Å². The number of likely N-dealkylation sites (tertiary alicyclic amines) is 1. The molecule has 4 atom stereocenters. The van der Waals surface area contributed by atoms with Crippen molar-refractivity contribution in [3.05, 3.63) is 54.4 Å². The molecule has 2 aromatic carbocycles. The molecule has 0 saturated carbocycles. The van der Waals surface area contributed by atoms with E-state index in [1.807, 2.05) is 31.2 Å². The molecule has 3 heterocycles. The van der Waals surface area contributed by atoms with Crippen molar-refractivity contribution >= 4 is 23.2 Å². The number of carbonyl (C=O) groups excluding carboxylic acids is 1. The second-order valence-electron chi connectivity index (χ2n) is 11.2. The Hall–Kier alpha value is -4.38. The van der Waals surface area contributed by atoms with Gasteiger partial charge < -0.3 is 30.1 Å². The van der Waals surface area contributed by atoms with Crippen LogP contribution in [0.3, 0.4) is 0 Å². The topological polar surface area (TPSA) is 151 Å². The van der Waals surface area contributed by atoms with Gasteiger partial charge in [0.2, 0.25) is 5.95 Å². The molecule has 0 aliphatic carbocycles. The Morgan fingerprint density at radius 2 is 1.86 bits per heavy atom. The molecule has 2 aliphatic rings. The van der Waals surface area contributed by atoms with Crippen molar-refractivity contribution in [2.24, 2.45) is 0 Å². The lowest BCUT2D eigenvalue weighted by molar-refractivity contribution is -0.143. The molecule has 0 bridgehead atoms. The Bertz CT molecular complexity index is 1470. The lowest BCUT2D eigenvalue weighted by Crippen LogP contribution is -2.51. The van der Waals surface area contributed by atoms with Crippen molar-refractivity contribution < 1.29 is 24.1 Å². The molecule has 232 valence electrons. The number of hydrogen-bond donors (Lipinski definition) is 3. The number of aliphatic hydroxyl groups is 2. The van der Waals surface area contributed by atoms with Crippen LogP contribution in [0.25, 0.3) is 11.4 Å². The normalized spacial score (nSPS) is 20.5. The van der Waals surface area contributed by atoms with E-state index in [0.29, 0.717) is 23.9 Å². The predicted octanol–water partition coefficient (Wildman–Crippen LogP) is 2.36. The maximum Gasteiger partial charge on any atom is 0.251 e. The molecule has 0 radical (unpaired) electrons. The highest BCUT2D eigenvalue weighted by atomic mass is 19.1. The fourth-order valence-corrected chi connectivity index (χ4v) is 5.45. The third-order valence-electron chi connectivity index (χ3n) is 7.74. The van der Waals surface area contributed by atoms with E-state index in [1.54, 1.807) is 18.2 Å². The number of halogens is 1. The molecular formula is C31H37FN8O4. The maximum absolute atomic E-state index is 14.9. The summed E-state index contributed by atoms with van der Waals surface area (Å²) >= 11 is 0. The number of alkyl halides is 1. The van der Waals surface area contributed by atoms with E-state index < -0.39 is 24.3 Å². The van der Waals surface area contributed by atoms with Gasteiger partial charge in [0, 0.05) is 62.6 Å². The standard InChI is InChI=1S/C31H37FN8O4/c1-20(41)17-38-11-13-39(14-12-38)25-6-4-24(5-7-25)36-31-35-19-34-29(37-31)22-3-8-27(23(15-22)16-33)44-28-9-10-40(18-26(28)32)30(43)21(2)42/h3-8,15,19-21,26,28,41-42H,9-14,17-18H2,1-2H3,(H,34,35,36,37)/t20?,21?,26-,28+/m1/s1. The van der Waals surface area contributed by atoms with Gasteiger partial charge in [-0.05, 0) is 56.3 Å². The second kappa shape index (κ2) is 13.9. The van der Waals surface area contributed by atoms with E-state index in [9.17, 15) is 24.7 Å². The highest BCUT2D eigenvalue weighted by molar-refractivity contribution is 5.80. The number of piperazine rings is 1. The lowest BCUT2D eigenvalue weighted by Gasteiger charge is -2.36. The van der Waals surface area contributed by atoms with Crippen LogP contribution in [0, 0.1) is 11.3 Å². The van der Waals surface area contributed by atoms with Crippen LogP contribution < -0.4 is 15.0 Å². The minimum Gasteiger partial charge on any atom is -0.486 e. The Labute approximate surface area is 255 Å². The molecule has 5 rings (SSSR count). The van der Waals surface area contributed by atoms with Crippen LogP contribution in [-0.4, -0.2) is 111 Å². The van der Waals surface area contributed by atoms with Gasteiger partial charge in [-0.25, -0.2) is 14.4 Å². The van der Waals surface area contributed by atoms with Crippen molar-refractivity contribution in [2.75, 3.05) is 56.0 Å². The summed E-state index contributed by atoms with van der Waals surface area (Å²) in [4.78, 5) is 30.9. The molecule has 1 amide bonds. The quantitative estimate of drug-likeness (QED) is 0.330. The number of benzene rings is 2. The highest BCUT2D eigenvalue weighted by Crippen LogP contribution is 2.29. The number of piperidine rings is 1. The van der Waals surface area contributed by atoms with E-state index in [0.717, 1.165) is 37.6 Å². The number of nitriles is 1. The van der Waals surface area contributed by atoms with Crippen LogP contribution in [0.2, 0.25) is 0 Å². The van der Waals surface area contributed by atoms with E-state index >= 15 is 0 Å². The van der Waals surface area contributed by atoms with Crippen molar-refractivity contribution in [3.8, 4) is 23.2 Å². The fraction of sp³-hybridized carbons (Fsp3) is 0.452. The average molecular weight is 605 g/mol. The summed E-state index contributed by atoms with van der Waals surface area (Å²) in [6.45, 7) is 7.52. The monoisotopic (exact) mass is 604 g/mol. The molecule has 2 unspecified atom stereocenters. The van der Waals surface area contributed by atoms with Gasteiger partial charge in [-0.1, -0.05) is 0 Å². The molecule has 1 aromatic heterocycles. The van der Waals surface area contributed by atoms with Crippen LogP contribution in [0.5, 0.6) is 5.75 Å². The number of nitrogens with zero attached hydrogens (tertiary/aromatic N) is 7. The number of rotatable bonds is 9. The van der Waals surface area contributed by atoms with Crippen molar-refractivity contribution in [3.63, 3.8) is 0 Å². The summed E-state index contributed by atoms with van der Waals surface area (Å²) in [6, 6.07) is 15.0. The van der Waals surface area contributed by atoms with E-state index in [1.165, 1.54) is 18.2 Å². The summed E-state index contributed by atoms with van der Waals surface area (Å²) in [5.41, 5.74) is 2.70. The SMILES string of the molecule is CC(O)CN1CCN(c2ccc(Nc3ncnc(-c4ccc(O[C@H]5CCN(C(=O)C(C)O)C[C@H]5F)c(C#N)c4)n3)cc2)CC1. The van der Waals surface area contributed by atoms with Crippen LogP contribution in [0.1, 0.15) is 25.8 Å². The minimum atomic E-state index is -1.46. The van der Waals surface area contributed by atoms with Gasteiger partial charge in [-0.15, -0.1) is 0 Å². The number of carbonyl (C=O) groups is 1. The Morgan fingerprint density at radius 3 is 2.52 bits per heavy atom. The molecule has 12 nitrogen and oxygen atoms in total. The van der Waals surface area contributed by atoms with E-state index in [4.69, 9.17) is 4.74 Å². The van der Waals surface area contributed by atoms with Crippen molar-refractivity contribution in [1.29, 1.82) is 5.26 Å². The number of hydrogen-bond acceptors (Lipinski definition) is 11. The smallest absolute Gasteiger partial charge is 0.251 e. The zero-order chi connectivity index (χ0) is 31.2. The van der Waals surface area contributed by atoms with Crippen LogP contribution in [0.15, 0.2) is 48.8 Å². The average Bonchev–Trinajstić information content (AvgIpc) is 3.02. The molecule has 2 aliphatic heterocycles. The predicted molar refractivity (Wildman–Crippen MR) is 162 cm³/mol. The first-order chi connectivity index (χ1) is 21.2. The zero-order valence-electron chi connectivity index (χ0n) is 24.8. The largest absolute Gasteiger partial charge is 0.486 e. The zero-order valence-corrected chi connectivity index (χ0v) is 24.8. The number of aliphatic hydroxyl groups excluding tert-OH is 2. The summed E-state index contributed by atoms with van der Waals surface area (Å²) < 4.78 is 20.7. The number of anilines is 3. The lowest BCUT2D eigenvalue weighted by atomic mass is 10.0. The Kier molecular flexibility index (Phi) is 9.84. The fourth-order valence-electron chi connectivity index (χ4n) is 5.45. The van der Waals surface area contributed by atoms with Crippen LogP contribution in [-0.2, 0) is 4.79 Å². The first-order valence-corrected chi connectivity index (χ1v) is 14.7. The number of ether oxygens (including phenoxy) is 1. The summed E-state index contributed by atoms with van der Waals surface area (Å²) in [7, 11) is 0. The molecule has 44 heavy (non-hydrogen) atoms. The number of nitrogens with one attached hydrogen (secondary N) is 1. The Balaban J connectivity index is 1.21. The Morgan fingerprint density at radius 1 is 1.11 bits per heavy atom. The second-order valence-corrected chi connectivity index (χ2v) is 11.2. The third kappa shape index (κ3) is 7.57. The van der Waals surface area contributed by atoms with E-state index in [2.05, 4.69) is 36.1 Å². The van der Waals surface area contributed by atoms with Gasteiger partial charge in [0.15, 0.2) is 12.0 Å². The van der Waals surface area contributed by atoms with Gasteiger partial charge in [0.1, 0.15) is 30.4 Å². The summed E-state index contributed by atoms with van der Waals surface area (Å²) in [6.07, 6.45) is -2.19. The summed E-state index contributed by atoms with van der Waals surface area (Å²) in [5.74, 6) is 0.407. The molecule has 3 aromatic rings. The van der Waals surface area contributed by atoms with Gasteiger partial charge in [-0.3, -0.25) is 9.69 Å². The number of β-amino-alcohol motifs (C(OH)–C–C–N with tert-alkyl or cyclic N) is 1. The molecule has 3 N–H and O–H groups in total. The minimum absolute atomic E-state index is 0.181. The third-order valence-corrected chi connectivity index (χ3v) is 7.74. The maximum atomic E-state index is 14.9. The molecule has 0 spiro atoms. The molecule has 13 heteroatoms. The van der Waals surface area contributed by atoms with Gasteiger partial charge in [-0.2, -0.15) is 10.2 Å². The number of amides is 1. The van der Waals surface area contributed by atoms with Gasteiger partial charge in [0.05, 0.1) is 18.2 Å². The number of aromatic nitrogens is 3. The van der Waals surface area contributed by atoms with Crippen molar-refractivity contribution in [1.82, 2.24) is 24.8 Å². The van der Waals surface area contributed by atoms with Gasteiger partial charge >= 0.3 is 0 Å². The van der Waals surface area contributed by atoms with Crippen LogP contribution in [0.4, 0.5) is 21.7 Å². The molecule has 2 fully saturated rings. The molecule has 2 saturated heterocycles. The highest BCUT2D eigenvalue weighted by Gasteiger charge is 2.34. The van der Waals surface area contributed by atoms with E-state index in [-0.39, 0.29) is 36.9 Å².